The van der Waals surface area contributed by atoms with E-state index in [9.17, 15) is 0 Å². The summed E-state index contributed by atoms with van der Waals surface area (Å²) in [6, 6.07) is 0.408. The average Bonchev–Trinajstić information content (AvgIpc) is 2.34. The zero-order valence-corrected chi connectivity index (χ0v) is 12.3. The van der Waals surface area contributed by atoms with Crippen LogP contribution < -0.4 is 0 Å². The molecular formula is C14H30BNO. The summed E-state index contributed by atoms with van der Waals surface area (Å²) in [5.41, 5.74) is 0.395. The molecule has 1 aliphatic rings. The lowest BCUT2D eigenvalue weighted by Crippen LogP contribution is -2.54. The quantitative estimate of drug-likeness (QED) is 0.499. The van der Waals surface area contributed by atoms with E-state index in [4.69, 9.17) is 4.74 Å². The van der Waals surface area contributed by atoms with Crippen LogP contribution in [0, 0.1) is 0 Å². The van der Waals surface area contributed by atoms with Crippen molar-refractivity contribution in [1.29, 1.82) is 0 Å². The summed E-state index contributed by atoms with van der Waals surface area (Å²) in [6.07, 6.45) is 8.09. The Labute approximate surface area is 109 Å². The van der Waals surface area contributed by atoms with Gasteiger partial charge in [-0.15, -0.1) is 0 Å². The van der Waals surface area contributed by atoms with Gasteiger partial charge in [-0.05, 0) is 19.8 Å². The monoisotopic (exact) mass is 239 g/mol. The molecular weight excluding hydrogens is 209 g/mol. The standard InChI is InChI=1S/C14H30BNO/c1-4-6-7-8-9-14(3,5-2)16-10-11-17-13(15)12-16/h13H,4-12,15H2,1-3H3. The van der Waals surface area contributed by atoms with Gasteiger partial charge in [0.15, 0.2) is 0 Å². The first-order chi connectivity index (χ1) is 8.12. The van der Waals surface area contributed by atoms with Gasteiger partial charge in [-0.1, -0.05) is 39.5 Å². The van der Waals surface area contributed by atoms with E-state index in [0.717, 1.165) is 19.7 Å². The highest BCUT2D eigenvalue weighted by atomic mass is 16.5. The van der Waals surface area contributed by atoms with Crippen LogP contribution in [0.2, 0.25) is 0 Å². The molecule has 1 aliphatic heterocycles. The lowest BCUT2D eigenvalue weighted by Gasteiger charge is -2.45. The lowest BCUT2D eigenvalue weighted by atomic mass is 9.87. The largest absolute Gasteiger partial charge is 0.385 e. The predicted molar refractivity (Wildman–Crippen MR) is 77.3 cm³/mol. The van der Waals surface area contributed by atoms with E-state index in [1.54, 1.807) is 0 Å². The summed E-state index contributed by atoms with van der Waals surface area (Å²) in [4.78, 5) is 2.66. The van der Waals surface area contributed by atoms with Gasteiger partial charge in [0.2, 0.25) is 0 Å². The molecule has 0 bridgehead atoms. The summed E-state index contributed by atoms with van der Waals surface area (Å²) in [5.74, 6) is 0. The van der Waals surface area contributed by atoms with E-state index in [2.05, 4.69) is 33.5 Å². The SMILES string of the molecule is BC1CN(C(C)(CC)CCCCCC)CCO1. The first-order valence-electron chi connectivity index (χ1n) is 7.49. The second kappa shape index (κ2) is 7.43. The molecule has 3 heteroatoms. The molecule has 0 radical (unpaired) electrons. The second-order valence-electron chi connectivity index (χ2n) is 5.79. The third-order valence-electron chi connectivity index (χ3n) is 4.34. The van der Waals surface area contributed by atoms with Crippen molar-refractivity contribution < 1.29 is 4.74 Å². The van der Waals surface area contributed by atoms with Crippen LogP contribution in [0.15, 0.2) is 0 Å². The molecule has 0 saturated carbocycles. The van der Waals surface area contributed by atoms with Gasteiger partial charge in [-0.2, -0.15) is 0 Å². The normalized spacial score (nSPS) is 25.7. The molecule has 0 spiro atoms. The second-order valence-corrected chi connectivity index (χ2v) is 5.79. The fraction of sp³-hybridized carbons (Fsp3) is 1.00. The zero-order chi connectivity index (χ0) is 12.7. The van der Waals surface area contributed by atoms with Crippen molar-refractivity contribution in [2.75, 3.05) is 19.7 Å². The fourth-order valence-corrected chi connectivity index (χ4v) is 2.80. The van der Waals surface area contributed by atoms with Crippen LogP contribution in [-0.2, 0) is 4.74 Å². The van der Waals surface area contributed by atoms with Gasteiger partial charge in [0.05, 0.1) is 6.61 Å². The minimum Gasteiger partial charge on any atom is -0.385 e. The molecule has 1 rings (SSSR count). The molecule has 2 atom stereocenters. The van der Waals surface area contributed by atoms with Crippen molar-refractivity contribution in [2.24, 2.45) is 0 Å². The Bertz CT molecular complexity index is 212. The van der Waals surface area contributed by atoms with E-state index in [0.29, 0.717) is 11.5 Å². The van der Waals surface area contributed by atoms with Crippen molar-refractivity contribution in [3.63, 3.8) is 0 Å². The van der Waals surface area contributed by atoms with E-state index in [1.165, 1.54) is 38.5 Å². The predicted octanol–water partition coefficient (Wildman–Crippen LogP) is 2.42. The molecule has 0 aromatic heterocycles. The maximum Gasteiger partial charge on any atom is 0.140 e. The molecule has 1 fully saturated rings. The summed E-state index contributed by atoms with van der Waals surface area (Å²) in [7, 11) is 2.19. The van der Waals surface area contributed by atoms with Gasteiger partial charge in [-0.25, -0.2) is 0 Å². The van der Waals surface area contributed by atoms with E-state index >= 15 is 0 Å². The minimum atomic E-state index is 0.395. The van der Waals surface area contributed by atoms with Crippen LogP contribution in [0.4, 0.5) is 0 Å². The smallest absolute Gasteiger partial charge is 0.140 e. The topological polar surface area (TPSA) is 12.5 Å². The van der Waals surface area contributed by atoms with Gasteiger partial charge >= 0.3 is 0 Å². The lowest BCUT2D eigenvalue weighted by molar-refractivity contribution is -0.0387. The fourth-order valence-electron chi connectivity index (χ4n) is 2.80. The number of rotatable bonds is 7. The summed E-state index contributed by atoms with van der Waals surface area (Å²) in [6.45, 7) is 10.2. The number of unbranched alkanes of at least 4 members (excludes halogenated alkanes) is 3. The first kappa shape index (κ1) is 15.0. The van der Waals surface area contributed by atoms with E-state index < -0.39 is 0 Å². The number of hydrogen-bond acceptors (Lipinski definition) is 2. The zero-order valence-electron chi connectivity index (χ0n) is 12.3. The van der Waals surface area contributed by atoms with Crippen LogP contribution >= 0.6 is 0 Å². The maximum absolute atomic E-state index is 5.65. The van der Waals surface area contributed by atoms with Crippen LogP contribution in [0.3, 0.4) is 0 Å². The molecule has 2 unspecified atom stereocenters. The van der Waals surface area contributed by atoms with Gasteiger partial charge in [0.25, 0.3) is 0 Å². The van der Waals surface area contributed by atoms with Gasteiger partial charge in [0, 0.05) is 24.6 Å². The molecule has 0 aliphatic carbocycles. The van der Waals surface area contributed by atoms with Crippen LogP contribution in [0.1, 0.15) is 59.3 Å². The molecule has 1 saturated heterocycles. The maximum atomic E-state index is 5.65. The number of ether oxygens (including phenoxy) is 1. The number of hydrogen-bond donors (Lipinski definition) is 0. The highest BCUT2D eigenvalue weighted by Gasteiger charge is 2.32. The Balaban J connectivity index is 2.42. The number of nitrogens with zero attached hydrogens (tertiary/aromatic N) is 1. The molecule has 0 N–H and O–H groups in total. The Morgan fingerprint density at radius 2 is 2.06 bits per heavy atom. The molecule has 0 amide bonds. The molecule has 1 heterocycles. The summed E-state index contributed by atoms with van der Waals surface area (Å²) >= 11 is 0. The number of morpholine rings is 1. The highest BCUT2D eigenvalue weighted by Crippen LogP contribution is 2.27. The molecule has 0 aromatic carbocycles. The molecule has 2 nitrogen and oxygen atoms in total. The average molecular weight is 239 g/mol. The third kappa shape index (κ3) is 4.63. The summed E-state index contributed by atoms with van der Waals surface area (Å²) < 4.78 is 5.65. The highest BCUT2D eigenvalue weighted by molar-refractivity contribution is 6.11. The summed E-state index contributed by atoms with van der Waals surface area (Å²) in [5, 5.41) is 0. The minimum absolute atomic E-state index is 0.395. The first-order valence-corrected chi connectivity index (χ1v) is 7.49. The van der Waals surface area contributed by atoms with Crippen LogP contribution in [0.25, 0.3) is 0 Å². The van der Waals surface area contributed by atoms with Crippen molar-refractivity contribution in [1.82, 2.24) is 4.90 Å². The van der Waals surface area contributed by atoms with Crippen LogP contribution in [0.5, 0.6) is 0 Å². The van der Waals surface area contributed by atoms with Crippen molar-refractivity contribution in [3.05, 3.63) is 0 Å². The Kier molecular flexibility index (Phi) is 6.57. The Hall–Kier alpha value is -0.0151. The van der Waals surface area contributed by atoms with Crippen molar-refractivity contribution in [2.45, 2.75) is 70.8 Å². The third-order valence-corrected chi connectivity index (χ3v) is 4.34. The Morgan fingerprint density at radius 3 is 2.65 bits per heavy atom. The molecule has 100 valence electrons. The van der Waals surface area contributed by atoms with Gasteiger partial charge in [0.1, 0.15) is 7.85 Å². The molecule has 17 heavy (non-hydrogen) atoms. The van der Waals surface area contributed by atoms with E-state index in [-0.39, 0.29) is 0 Å². The van der Waals surface area contributed by atoms with Gasteiger partial charge in [-0.3, -0.25) is 4.90 Å². The van der Waals surface area contributed by atoms with Gasteiger partial charge < -0.3 is 4.74 Å². The van der Waals surface area contributed by atoms with Crippen molar-refractivity contribution in [3.8, 4) is 0 Å². The van der Waals surface area contributed by atoms with Crippen LogP contribution in [-0.4, -0.2) is 44.0 Å². The van der Waals surface area contributed by atoms with E-state index in [1.807, 2.05) is 0 Å². The van der Waals surface area contributed by atoms with Crippen molar-refractivity contribution >= 4 is 7.85 Å². The molecule has 0 aromatic rings. The Morgan fingerprint density at radius 1 is 1.29 bits per heavy atom.